The number of nitrogens with two attached hydrogens (primary N) is 1. The minimum Gasteiger partial charge on any atom is -0.282 e. The molecular weight excluding hydrogens is 398 g/mol. The predicted molar refractivity (Wildman–Crippen MR) is 117 cm³/mol. The van der Waals surface area contributed by atoms with Gasteiger partial charge < -0.3 is 0 Å². The van der Waals surface area contributed by atoms with E-state index in [2.05, 4.69) is 27.4 Å². The lowest BCUT2D eigenvalue weighted by molar-refractivity contribution is 0.597. The first kappa shape index (κ1) is 20.1. The van der Waals surface area contributed by atoms with Gasteiger partial charge in [-0.3, -0.25) is 9.78 Å². The van der Waals surface area contributed by atoms with Gasteiger partial charge in [0, 0.05) is 30.1 Å². The second-order valence-electron chi connectivity index (χ2n) is 7.46. The van der Waals surface area contributed by atoms with E-state index in [1.165, 1.54) is 0 Å². The molecule has 0 unspecified atom stereocenters. The molecule has 0 radical (unpaired) electrons. The van der Waals surface area contributed by atoms with Crippen molar-refractivity contribution in [1.82, 2.24) is 20.0 Å². The molecule has 0 aliphatic heterocycles. The normalized spacial score (nSPS) is 11.8. The minimum atomic E-state index is -3.74. The summed E-state index contributed by atoms with van der Waals surface area (Å²) >= 11 is 0. The molecule has 4 rings (SSSR count). The second kappa shape index (κ2) is 7.23. The lowest BCUT2D eigenvalue weighted by Crippen LogP contribution is -2.14. The van der Waals surface area contributed by atoms with E-state index < -0.39 is 10.0 Å². The molecule has 0 saturated heterocycles. The summed E-state index contributed by atoms with van der Waals surface area (Å²) in [6.45, 7) is 5.69. The molecule has 0 fully saturated rings. The molecule has 154 valence electrons. The van der Waals surface area contributed by atoms with E-state index in [0.717, 1.165) is 44.8 Å². The second-order valence-corrected chi connectivity index (χ2v) is 8.99. The van der Waals surface area contributed by atoms with E-state index in [4.69, 9.17) is 5.14 Å². The largest absolute Gasteiger partial charge is 0.282 e. The molecule has 0 spiro atoms. The summed E-state index contributed by atoms with van der Waals surface area (Å²) in [5, 5.41) is 17.1. The monoisotopic (exact) mass is 421 g/mol. The number of aromatic nitrogens is 4. The zero-order valence-corrected chi connectivity index (χ0v) is 18.1. The van der Waals surface area contributed by atoms with Crippen LogP contribution in [-0.4, -0.2) is 28.4 Å². The van der Waals surface area contributed by atoms with Gasteiger partial charge in [0.15, 0.2) is 0 Å². The first-order chi connectivity index (χ1) is 14.2. The molecule has 0 amide bonds. The van der Waals surface area contributed by atoms with Crippen molar-refractivity contribution in [3.8, 4) is 33.5 Å². The van der Waals surface area contributed by atoms with Crippen molar-refractivity contribution in [1.29, 1.82) is 0 Å². The van der Waals surface area contributed by atoms with Crippen LogP contribution < -0.4 is 5.14 Å². The summed E-state index contributed by atoms with van der Waals surface area (Å²) < 4.78 is 25.3. The molecule has 2 aromatic heterocycles. The molecule has 0 aliphatic carbocycles. The Bertz CT molecular complexity index is 1350. The Balaban J connectivity index is 1.75. The number of hydrogen-bond acceptors (Lipinski definition) is 4. The zero-order valence-electron chi connectivity index (χ0n) is 17.3. The lowest BCUT2D eigenvalue weighted by Gasteiger charge is -2.13. The van der Waals surface area contributed by atoms with E-state index in [1.807, 2.05) is 39.2 Å². The van der Waals surface area contributed by atoms with Crippen LogP contribution in [0.2, 0.25) is 0 Å². The maximum absolute atomic E-state index is 11.8. The van der Waals surface area contributed by atoms with E-state index in [0.29, 0.717) is 5.56 Å². The van der Waals surface area contributed by atoms with Crippen LogP contribution in [0.25, 0.3) is 33.5 Å². The number of aromatic amines is 1. The molecule has 0 atom stereocenters. The maximum Gasteiger partial charge on any atom is 0.238 e. The van der Waals surface area contributed by atoms with Gasteiger partial charge in [-0.25, -0.2) is 13.6 Å². The number of primary sulfonamides is 1. The van der Waals surface area contributed by atoms with Gasteiger partial charge in [-0.2, -0.15) is 10.2 Å². The van der Waals surface area contributed by atoms with Gasteiger partial charge in [-0.1, -0.05) is 30.3 Å². The van der Waals surface area contributed by atoms with Crippen molar-refractivity contribution in [2.45, 2.75) is 25.7 Å². The average molecular weight is 422 g/mol. The van der Waals surface area contributed by atoms with Crippen molar-refractivity contribution in [2.75, 3.05) is 0 Å². The molecule has 0 aliphatic rings. The topological polar surface area (TPSA) is 107 Å². The molecule has 3 N–H and O–H groups in total. The number of H-pyrrole nitrogens is 1. The summed E-state index contributed by atoms with van der Waals surface area (Å²) in [5.41, 5.74) is 8.40. The highest BCUT2D eigenvalue weighted by Gasteiger charge is 2.18. The van der Waals surface area contributed by atoms with Crippen LogP contribution in [0.5, 0.6) is 0 Å². The Morgan fingerprint density at radius 3 is 2.20 bits per heavy atom. The summed E-state index contributed by atoms with van der Waals surface area (Å²) in [6, 6.07) is 11.5. The fourth-order valence-electron chi connectivity index (χ4n) is 3.77. The highest BCUT2D eigenvalue weighted by atomic mass is 32.2. The smallest absolute Gasteiger partial charge is 0.238 e. The molecule has 0 saturated carbocycles. The SMILES string of the molecule is Cc1[nH]nc(-c2cnn(C)c2)c1-c1ccc(-c2ccc(S(N)(=O)=O)c(C)c2C)cc1. The quantitative estimate of drug-likeness (QED) is 0.524. The molecule has 2 aromatic carbocycles. The Morgan fingerprint density at radius 2 is 1.60 bits per heavy atom. The number of rotatable bonds is 4. The summed E-state index contributed by atoms with van der Waals surface area (Å²) in [5.74, 6) is 0. The number of nitrogens with one attached hydrogen (secondary N) is 1. The molecule has 2 heterocycles. The standard InChI is InChI=1S/C22H23N5O2S/c1-13-14(2)20(30(23,28)29)10-9-19(13)16-5-7-17(8-6-16)21-15(3)25-26-22(21)18-11-24-27(4)12-18/h5-12H,1-4H3,(H,25,26)(H2,23,28,29). The van der Waals surface area contributed by atoms with Gasteiger partial charge in [0.2, 0.25) is 10.0 Å². The van der Waals surface area contributed by atoms with Crippen molar-refractivity contribution < 1.29 is 8.42 Å². The molecule has 7 nitrogen and oxygen atoms in total. The molecular formula is C22H23N5O2S. The van der Waals surface area contributed by atoms with E-state index in [1.54, 1.807) is 29.9 Å². The highest BCUT2D eigenvalue weighted by molar-refractivity contribution is 7.89. The Hall–Kier alpha value is -3.23. The third-order valence-corrected chi connectivity index (χ3v) is 6.51. The van der Waals surface area contributed by atoms with Crippen molar-refractivity contribution in [3.63, 3.8) is 0 Å². The van der Waals surface area contributed by atoms with Crippen LogP contribution >= 0.6 is 0 Å². The fraction of sp³-hybridized carbons (Fsp3) is 0.182. The first-order valence-electron chi connectivity index (χ1n) is 9.44. The molecule has 30 heavy (non-hydrogen) atoms. The predicted octanol–water partition coefficient (Wildman–Crippen LogP) is 3.72. The summed E-state index contributed by atoms with van der Waals surface area (Å²) in [4.78, 5) is 0.163. The number of hydrogen-bond donors (Lipinski definition) is 2. The average Bonchev–Trinajstić information content (AvgIpc) is 3.28. The lowest BCUT2D eigenvalue weighted by atomic mass is 9.94. The number of benzene rings is 2. The first-order valence-corrected chi connectivity index (χ1v) is 11.0. The third-order valence-electron chi connectivity index (χ3n) is 5.45. The van der Waals surface area contributed by atoms with Crippen molar-refractivity contribution >= 4 is 10.0 Å². The number of nitrogens with zero attached hydrogens (tertiary/aromatic N) is 3. The van der Waals surface area contributed by atoms with Gasteiger partial charge in [-0.05, 0) is 54.7 Å². The summed E-state index contributed by atoms with van der Waals surface area (Å²) in [6.07, 6.45) is 3.74. The Morgan fingerprint density at radius 1 is 0.933 bits per heavy atom. The molecule has 0 bridgehead atoms. The van der Waals surface area contributed by atoms with Gasteiger partial charge in [0.1, 0.15) is 5.69 Å². The summed E-state index contributed by atoms with van der Waals surface area (Å²) in [7, 11) is -1.86. The van der Waals surface area contributed by atoms with Crippen LogP contribution in [0.1, 0.15) is 16.8 Å². The van der Waals surface area contributed by atoms with Gasteiger partial charge in [-0.15, -0.1) is 0 Å². The van der Waals surface area contributed by atoms with Crippen LogP contribution in [0, 0.1) is 20.8 Å². The van der Waals surface area contributed by atoms with E-state index in [9.17, 15) is 8.42 Å². The zero-order chi connectivity index (χ0) is 21.6. The number of sulfonamides is 1. The minimum absolute atomic E-state index is 0.163. The fourth-order valence-corrected chi connectivity index (χ4v) is 4.61. The van der Waals surface area contributed by atoms with Gasteiger partial charge in [0.25, 0.3) is 0 Å². The molecule has 8 heteroatoms. The van der Waals surface area contributed by atoms with Crippen molar-refractivity contribution in [3.05, 3.63) is 65.6 Å². The number of aryl methyl sites for hydroxylation is 2. The van der Waals surface area contributed by atoms with E-state index in [-0.39, 0.29) is 4.90 Å². The van der Waals surface area contributed by atoms with Crippen LogP contribution in [0.15, 0.2) is 53.7 Å². The Labute approximate surface area is 175 Å². The van der Waals surface area contributed by atoms with E-state index >= 15 is 0 Å². The third kappa shape index (κ3) is 3.44. The van der Waals surface area contributed by atoms with Crippen LogP contribution in [0.4, 0.5) is 0 Å². The van der Waals surface area contributed by atoms with Crippen molar-refractivity contribution in [2.24, 2.45) is 12.2 Å². The molecule has 4 aromatic rings. The maximum atomic E-state index is 11.8. The highest BCUT2D eigenvalue weighted by Crippen LogP contribution is 2.35. The van der Waals surface area contributed by atoms with Gasteiger partial charge >= 0.3 is 0 Å². The Kier molecular flexibility index (Phi) is 4.83. The van der Waals surface area contributed by atoms with Crippen LogP contribution in [0.3, 0.4) is 0 Å². The van der Waals surface area contributed by atoms with Crippen LogP contribution in [-0.2, 0) is 17.1 Å². The van der Waals surface area contributed by atoms with Gasteiger partial charge in [0.05, 0.1) is 11.1 Å².